The average Bonchev–Trinajstić information content (AvgIpc) is 2.70. The predicted molar refractivity (Wildman–Crippen MR) is 62.7 cm³/mol. The van der Waals surface area contributed by atoms with Gasteiger partial charge < -0.3 is 0 Å². The van der Waals surface area contributed by atoms with Gasteiger partial charge in [0.05, 0.1) is 16.8 Å². The van der Waals surface area contributed by atoms with Crippen molar-refractivity contribution in [2.75, 3.05) is 0 Å². The number of hydrogen-bond donors (Lipinski definition) is 0. The molecule has 2 aromatic rings. The molecule has 0 radical (unpaired) electrons. The second-order valence-electron chi connectivity index (χ2n) is 3.75. The molecular formula is C12H10ClFN2O. The fourth-order valence-electron chi connectivity index (χ4n) is 1.50. The van der Waals surface area contributed by atoms with Crippen molar-refractivity contribution in [1.29, 1.82) is 0 Å². The van der Waals surface area contributed by atoms with E-state index in [2.05, 4.69) is 5.10 Å². The molecule has 0 spiro atoms. The van der Waals surface area contributed by atoms with Crippen LogP contribution in [0.3, 0.4) is 0 Å². The fraction of sp³-hybridized carbons (Fsp3) is 0.167. The van der Waals surface area contributed by atoms with Crippen molar-refractivity contribution in [3.8, 4) is 0 Å². The number of aromatic nitrogens is 2. The molecule has 0 aliphatic carbocycles. The first-order chi connectivity index (χ1) is 8.06. The van der Waals surface area contributed by atoms with E-state index in [0.29, 0.717) is 11.1 Å². The second kappa shape index (κ2) is 4.67. The molecule has 0 atom stereocenters. The maximum atomic E-state index is 13.2. The van der Waals surface area contributed by atoms with E-state index in [0.717, 1.165) is 0 Å². The highest BCUT2D eigenvalue weighted by Crippen LogP contribution is 2.16. The Hall–Kier alpha value is -1.68. The summed E-state index contributed by atoms with van der Waals surface area (Å²) in [5, 5.41) is 3.97. The van der Waals surface area contributed by atoms with Gasteiger partial charge in [0, 0.05) is 19.7 Å². The molecule has 0 N–H and O–H groups in total. The van der Waals surface area contributed by atoms with E-state index in [1.54, 1.807) is 24.0 Å². The van der Waals surface area contributed by atoms with Crippen molar-refractivity contribution in [3.63, 3.8) is 0 Å². The summed E-state index contributed by atoms with van der Waals surface area (Å²) >= 11 is 5.56. The number of halogens is 2. The molecule has 0 amide bonds. The first-order valence-corrected chi connectivity index (χ1v) is 5.40. The highest BCUT2D eigenvalue weighted by atomic mass is 35.5. The van der Waals surface area contributed by atoms with Gasteiger partial charge in [-0.3, -0.25) is 9.48 Å². The zero-order valence-electron chi connectivity index (χ0n) is 9.15. The van der Waals surface area contributed by atoms with E-state index in [4.69, 9.17) is 11.6 Å². The Kier molecular flexibility index (Phi) is 3.24. The fourth-order valence-corrected chi connectivity index (χ4v) is 1.62. The van der Waals surface area contributed by atoms with Crippen molar-refractivity contribution in [2.45, 2.75) is 6.42 Å². The lowest BCUT2D eigenvalue weighted by atomic mass is 10.1. The summed E-state index contributed by atoms with van der Waals surface area (Å²) in [4.78, 5) is 11.8. The zero-order chi connectivity index (χ0) is 12.4. The lowest BCUT2D eigenvalue weighted by molar-refractivity contribution is 0.0993. The van der Waals surface area contributed by atoms with Gasteiger partial charge in [-0.15, -0.1) is 0 Å². The molecule has 0 fully saturated rings. The minimum absolute atomic E-state index is 0.0579. The average molecular weight is 253 g/mol. The molecule has 88 valence electrons. The van der Waals surface area contributed by atoms with Gasteiger partial charge in [0.1, 0.15) is 5.82 Å². The van der Waals surface area contributed by atoms with E-state index >= 15 is 0 Å². The van der Waals surface area contributed by atoms with Gasteiger partial charge in [-0.25, -0.2) is 4.39 Å². The van der Waals surface area contributed by atoms with Crippen LogP contribution < -0.4 is 0 Å². The Morgan fingerprint density at radius 2 is 2.29 bits per heavy atom. The van der Waals surface area contributed by atoms with Gasteiger partial charge >= 0.3 is 0 Å². The summed E-state index contributed by atoms with van der Waals surface area (Å²) < 4.78 is 14.7. The van der Waals surface area contributed by atoms with Gasteiger partial charge in [0.2, 0.25) is 0 Å². The summed E-state index contributed by atoms with van der Waals surface area (Å²) in [7, 11) is 1.73. The number of hydrogen-bond acceptors (Lipinski definition) is 2. The van der Waals surface area contributed by atoms with Crippen molar-refractivity contribution in [1.82, 2.24) is 9.78 Å². The van der Waals surface area contributed by atoms with Gasteiger partial charge in [-0.2, -0.15) is 5.10 Å². The monoisotopic (exact) mass is 252 g/mol. The lowest BCUT2D eigenvalue weighted by Gasteiger charge is -2.00. The Labute approximate surface area is 103 Å². The number of carbonyl (C=O) groups excluding carboxylic acids is 1. The third kappa shape index (κ3) is 2.71. The van der Waals surface area contributed by atoms with Gasteiger partial charge in [0.25, 0.3) is 0 Å². The quantitative estimate of drug-likeness (QED) is 0.787. The summed E-state index contributed by atoms with van der Waals surface area (Å²) in [6.07, 6.45) is 3.27. The Morgan fingerprint density at radius 1 is 1.53 bits per heavy atom. The van der Waals surface area contributed by atoms with Crippen LogP contribution in [0.1, 0.15) is 15.9 Å². The molecule has 0 unspecified atom stereocenters. The van der Waals surface area contributed by atoms with Gasteiger partial charge in [-0.1, -0.05) is 17.7 Å². The van der Waals surface area contributed by atoms with Gasteiger partial charge in [-0.05, 0) is 17.7 Å². The number of rotatable bonds is 3. The summed E-state index contributed by atoms with van der Waals surface area (Å²) in [6.45, 7) is 0. The normalized spacial score (nSPS) is 10.5. The maximum absolute atomic E-state index is 13.2. The van der Waals surface area contributed by atoms with E-state index < -0.39 is 5.82 Å². The number of carbonyl (C=O) groups is 1. The third-order valence-electron chi connectivity index (χ3n) is 2.38. The molecule has 0 bridgehead atoms. The number of nitrogens with zero attached hydrogens (tertiary/aromatic N) is 2. The minimum atomic E-state index is -0.511. The maximum Gasteiger partial charge on any atom is 0.170 e. The van der Waals surface area contributed by atoms with Crippen LogP contribution in [0, 0.1) is 5.82 Å². The Balaban J connectivity index is 2.15. The Morgan fingerprint density at radius 3 is 2.88 bits per heavy atom. The molecule has 2 rings (SSSR count). The number of ketones is 1. The van der Waals surface area contributed by atoms with Crippen LogP contribution in [0.5, 0.6) is 0 Å². The van der Waals surface area contributed by atoms with Crippen molar-refractivity contribution in [2.24, 2.45) is 7.05 Å². The first kappa shape index (κ1) is 11.8. The SMILES string of the molecule is Cn1cc(C(=O)Cc2ccc(Cl)c(F)c2)cn1. The molecule has 1 aromatic carbocycles. The summed E-state index contributed by atoms with van der Waals surface area (Å²) in [6, 6.07) is 4.36. The van der Waals surface area contributed by atoms with Crippen LogP contribution in [-0.2, 0) is 13.5 Å². The zero-order valence-corrected chi connectivity index (χ0v) is 9.91. The van der Waals surface area contributed by atoms with Crippen LogP contribution in [0.2, 0.25) is 5.02 Å². The standard InChI is InChI=1S/C12H10ClFN2O/c1-16-7-9(6-15-16)12(17)5-8-2-3-10(13)11(14)4-8/h2-4,6-7H,5H2,1H3. The lowest BCUT2D eigenvalue weighted by Crippen LogP contribution is -2.02. The van der Waals surface area contributed by atoms with E-state index in [-0.39, 0.29) is 17.2 Å². The van der Waals surface area contributed by atoms with E-state index in [1.165, 1.54) is 18.3 Å². The van der Waals surface area contributed by atoms with Crippen LogP contribution >= 0.6 is 11.6 Å². The van der Waals surface area contributed by atoms with Crippen molar-refractivity contribution in [3.05, 3.63) is 52.6 Å². The minimum Gasteiger partial charge on any atom is -0.294 e. The highest BCUT2D eigenvalue weighted by molar-refractivity contribution is 6.30. The molecule has 1 aromatic heterocycles. The molecule has 3 nitrogen and oxygen atoms in total. The number of Topliss-reactive ketones (excluding diaryl/α,β-unsaturated/α-hetero) is 1. The van der Waals surface area contributed by atoms with Gasteiger partial charge in [0.15, 0.2) is 5.78 Å². The predicted octanol–water partition coefficient (Wildman–Crippen LogP) is 2.64. The molecular weight excluding hydrogens is 243 g/mol. The van der Waals surface area contributed by atoms with Crippen molar-refractivity contribution >= 4 is 17.4 Å². The first-order valence-electron chi connectivity index (χ1n) is 5.02. The second-order valence-corrected chi connectivity index (χ2v) is 4.16. The molecule has 1 heterocycles. The van der Waals surface area contributed by atoms with E-state index in [9.17, 15) is 9.18 Å². The Bertz CT molecular complexity index is 565. The van der Waals surface area contributed by atoms with Crippen LogP contribution in [0.4, 0.5) is 4.39 Å². The number of benzene rings is 1. The molecule has 0 saturated carbocycles. The molecule has 0 aliphatic rings. The van der Waals surface area contributed by atoms with Crippen LogP contribution in [0.15, 0.2) is 30.6 Å². The summed E-state index contributed by atoms with van der Waals surface area (Å²) in [5.74, 6) is -0.608. The molecule has 0 saturated heterocycles. The largest absolute Gasteiger partial charge is 0.294 e. The van der Waals surface area contributed by atoms with Crippen molar-refractivity contribution < 1.29 is 9.18 Å². The van der Waals surface area contributed by atoms with E-state index in [1.807, 2.05) is 0 Å². The van der Waals surface area contributed by atoms with Crippen LogP contribution in [0.25, 0.3) is 0 Å². The number of aryl methyl sites for hydroxylation is 1. The topological polar surface area (TPSA) is 34.9 Å². The van der Waals surface area contributed by atoms with Crippen LogP contribution in [-0.4, -0.2) is 15.6 Å². The molecule has 5 heteroatoms. The smallest absolute Gasteiger partial charge is 0.170 e. The summed E-state index contributed by atoms with van der Waals surface area (Å²) in [5.41, 5.74) is 1.11. The third-order valence-corrected chi connectivity index (χ3v) is 2.68. The highest BCUT2D eigenvalue weighted by Gasteiger charge is 2.10. The molecule has 0 aliphatic heterocycles. The molecule has 17 heavy (non-hydrogen) atoms.